The number of imidazole rings is 2. The Morgan fingerprint density at radius 3 is 2.36 bits per heavy atom. The summed E-state index contributed by atoms with van der Waals surface area (Å²) in [5, 5.41) is 30.0. The molecular formula is C31H30FIN4O5. The number of aryl methyl sites for hydroxylation is 1. The predicted octanol–water partition coefficient (Wildman–Crippen LogP) is 5.12. The highest BCUT2D eigenvalue weighted by Gasteiger charge is 2.32. The van der Waals surface area contributed by atoms with Crippen molar-refractivity contribution in [2.45, 2.75) is 31.9 Å². The molecule has 0 radical (unpaired) electrons. The number of aliphatic hydroxyl groups excluding tert-OH is 2. The molecule has 2 aromatic heterocycles. The number of hydrogen-bond acceptors (Lipinski definition) is 6. The number of ether oxygens (including phenoxy) is 1. The van der Waals surface area contributed by atoms with Crippen molar-refractivity contribution in [2.75, 3.05) is 13.2 Å². The highest BCUT2D eigenvalue weighted by atomic mass is 127. The van der Waals surface area contributed by atoms with E-state index in [2.05, 4.69) is 9.97 Å². The first-order valence-corrected chi connectivity index (χ1v) is 14.4. The van der Waals surface area contributed by atoms with Crippen molar-refractivity contribution in [1.82, 2.24) is 19.5 Å². The third-order valence-electron chi connectivity index (χ3n) is 7.20. The highest BCUT2D eigenvalue weighted by molar-refractivity contribution is 14.1. The fraction of sp³-hybridized carbons (Fsp3) is 0.226. The molecule has 0 saturated heterocycles. The molecule has 0 aliphatic heterocycles. The number of nitrogens with zero attached hydrogens (tertiary/aromatic N) is 2. The van der Waals surface area contributed by atoms with Gasteiger partial charge < -0.3 is 30.0 Å². The van der Waals surface area contributed by atoms with Crippen LogP contribution < -0.4 is 10.4 Å². The Morgan fingerprint density at radius 2 is 1.71 bits per heavy atom. The van der Waals surface area contributed by atoms with E-state index in [1.807, 2.05) is 59.8 Å². The molecule has 2 atom stereocenters. The van der Waals surface area contributed by atoms with Gasteiger partial charge >= 0.3 is 5.69 Å². The second kappa shape index (κ2) is 12.5. The van der Waals surface area contributed by atoms with Crippen LogP contribution in [0.15, 0.2) is 77.6 Å². The summed E-state index contributed by atoms with van der Waals surface area (Å²) in [7, 11) is 0. The molecular weight excluding hydrogens is 654 g/mol. The molecule has 0 aliphatic carbocycles. The highest BCUT2D eigenvalue weighted by Crippen LogP contribution is 2.39. The number of aromatic hydroxyl groups is 1. The van der Waals surface area contributed by atoms with Crippen LogP contribution in [-0.2, 0) is 0 Å². The van der Waals surface area contributed by atoms with E-state index in [4.69, 9.17) is 9.72 Å². The van der Waals surface area contributed by atoms with Crippen LogP contribution >= 0.6 is 22.6 Å². The van der Waals surface area contributed by atoms with E-state index in [-0.39, 0.29) is 30.7 Å². The lowest BCUT2D eigenvalue weighted by Gasteiger charge is -2.24. The van der Waals surface area contributed by atoms with Gasteiger partial charge in [-0.15, -0.1) is 0 Å². The minimum atomic E-state index is -0.776. The third-order valence-corrected chi connectivity index (χ3v) is 7.87. The predicted molar refractivity (Wildman–Crippen MR) is 165 cm³/mol. The Hall–Kier alpha value is -3.94. The molecule has 0 amide bonds. The van der Waals surface area contributed by atoms with Gasteiger partial charge in [-0.05, 0) is 77.5 Å². The van der Waals surface area contributed by atoms with Crippen LogP contribution in [0.1, 0.15) is 36.0 Å². The van der Waals surface area contributed by atoms with Crippen LogP contribution in [0.3, 0.4) is 0 Å². The first-order valence-electron chi connectivity index (χ1n) is 13.3. The molecule has 0 aliphatic rings. The lowest BCUT2D eigenvalue weighted by molar-refractivity contribution is 0.0629. The summed E-state index contributed by atoms with van der Waals surface area (Å²) in [5.74, 6) is -0.228. The molecule has 9 nitrogen and oxygen atoms in total. The molecule has 0 spiro atoms. The minimum absolute atomic E-state index is 0.199. The van der Waals surface area contributed by atoms with Gasteiger partial charge in [-0.2, -0.15) is 0 Å². The average molecular weight is 685 g/mol. The smallest absolute Gasteiger partial charge is 0.329 e. The fourth-order valence-corrected chi connectivity index (χ4v) is 5.47. The second-order valence-corrected chi connectivity index (χ2v) is 11.2. The third kappa shape index (κ3) is 5.85. The molecule has 5 aromatic rings. The van der Waals surface area contributed by atoms with Crippen LogP contribution in [0.5, 0.6) is 11.6 Å². The van der Waals surface area contributed by atoms with E-state index in [1.54, 1.807) is 43.3 Å². The lowest BCUT2D eigenvalue weighted by Crippen LogP contribution is -2.27. The van der Waals surface area contributed by atoms with Crippen LogP contribution in [0.4, 0.5) is 4.39 Å². The fourth-order valence-electron chi connectivity index (χ4n) is 5.01. The van der Waals surface area contributed by atoms with Gasteiger partial charge in [0.1, 0.15) is 35.2 Å². The van der Waals surface area contributed by atoms with Gasteiger partial charge in [0.05, 0.1) is 18.9 Å². The van der Waals surface area contributed by atoms with Crippen molar-refractivity contribution < 1.29 is 24.4 Å². The van der Waals surface area contributed by atoms with Gasteiger partial charge in [0.2, 0.25) is 5.88 Å². The van der Waals surface area contributed by atoms with Gasteiger partial charge in [-0.1, -0.05) is 37.3 Å². The van der Waals surface area contributed by atoms with Crippen LogP contribution in [0, 0.1) is 16.3 Å². The molecule has 0 bridgehead atoms. The zero-order valence-corrected chi connectivity index (χ0v) is 25.0. The molecule has 42 heavy (non-hydrogen) atoms. The SMILES string of the molecule is Cc1[nH]c([C@H]([C@@H](C)c2ccccc2)n2c(O)c(-c3ccc(OC(CO)CO)cc3)[nH]c2=O)nc1-c1ccc(I)cc1F. The van der Waals surface area contributed by atoms with Crippen molar-refractivity contribution in [3.63, 3.8) is 0 Å². The number of benzene rings is 3. The number of nitrogens with one attached hydrogen (secondary N) is 2. The van der Waals surface area contributed by atoms with Crippen molar-refractivity contribution in [3.05, 3.63) is 110 Å². The molecule has 0 saturated carbocycles. The van der Waals surface area contributed by atoms with Gasteiger partial charge in [0.15, 0.2) is 0 Å². The average Bonchev–Trinajstić information content (AvgIpc) is 3.51. The maximum absolute atomic E-state index is 14.9. The summed E-state index contributed by atoms with van der Waals surface area (Å²) in [6.07, 6.45) is -0.764. The largest absolute Gasteiger partial charge is 0.493 e. The number of rotatable bonds is 10. The summed E-state index contributed by atoms with van der Waals surface area (Å²) < 4.78 is 22.5. The molecule has 5 N–H and O–H groups in total. The van der Waals surface area contributed by atoms with Crippen molar-refractivity contribution >= 4 is 22.6 Å². The van der Waals surface area contributed by atoms with E-state index < -0.39 is 23.7 Å². The normalized spacial score (nSPS) is 12.9. The Morgan fingerprint density at radius 1 is 1.02 bits per heavy atom. The molecule has 3 aromatic carbocycles. The van der Waals surface area contributed by atoms with E-state index in [0.29, 0.717) is 34.1 Å². The van der Waals surface area contributed by atoms with Gasteiger partial charge in [0, 0.05) is 26.3 Å². The maximum atomic E-state index is 14.9. The molecule has 0 fully saturated rings. The zero-order chi connectivity index (χ0) is 30.0. The summed E-state index contributed by atoms with van der Waals surface area (Å²) in [4.78, 5) is 24.3. The van der Waals surface area contributed by atoms with E-state index in [9.17, 15) is 24.5 Å². The number of aromatic nitrogens is 4. The van der Waals surface area contributed by atoms with Crippen molar-refractivity contribution in [2.24, 2.45) is 0 Å². The minimum Gasteiger partial charge on any atom is -0.493 e. The zero-order valence-electron chi connectivity index (χ0n) is 22.9. The number of aliphatic hydroxyl groups is 2. The monoisotopic (exact) mass is 684 g/mol. The van der Waals surface area contributed by atoms with Crippen molar-refractivity contribution in [1.29, 1.82) is 0 Å². The molecule has 2 heterocycles. The van der Waals surface area contributed by atoms with Gasteiger partial charge in [-0.3, -0.25) is 4.57 Å². The quantitative estimate of drug-likeness (QED) is 0.130. The van der Waals surface area contributed by atoms with Crippen LogP contribution in [-0.4, -0.2) is 54.2 Å². The Bertz CT molecular complexity index is 1730. The Kier molecular flexibility index (Phi) is 8.80. The first kappa shape index (κ1) is 29.5. The van der Waals surface area contributed by atoms with Gasteiger partial charge in [0.25, 0.3) is 0 Å². The summed E-state index contributed by atoms with van der Waals surface area (Å²) in [6.45, 7) is 3.04. The summed E-state index contributed by atoms with van der Waals surface area (Å²) in [5.41, 5.74) is 2.46. The number of H-pyrrole nitrogens is 2. The molecule has 11 heteroatoms. The molecule has 0 unspecified atom stereocenters. The molecule has 218 valence electrons. The summed E-state index contributed by atoms with van der Waals surface area (Å²) in [6, 6.07) is 20.2. The second-order valence-electron chi connectivity index (χ2n) is 9.99. The Balaban J connectivity index is 1.60. The topological polar surface area (TPSA) is 136 Å². The maximum Gasteiger partial charge on any atom is 0.329 e. The van der Waals surface area contributed by atoms with Gasteiger partial charge in [-0.25, -0.2) is 14.2 Å². The first-order chi connectivity index (χ1) is 20.2. The Labute approximate surface area is 254 Å². The molecule has 5 rings (SSSR count). The summed E-state index contributed by atoms with van der Waals surface area (Å²) >= 11 is 2.05. The lowest BCUT2D eigenvalue weighted by atomic mass is 9.92. The number of hydrogen-bond donors (Lipinski definition) is 5. The number of halogens is 2. The number of aromatic amines is 2. The van der Waals surface area contributed by atoms with E-state index >= 15 is 0 Å². The van der Waals surface area contributed by atoms with E-state index in [0.717, 1.165) is 9.13 Å². The van der Waals surface area contributed by atoms with E-state index in [1.165, 1.54) is 10.6 Å². The van der Waals surface area contributed by atoms with Crippen molar-refractivity contribution in [3.8, 4) is 34.1 Å². The van der Waals surface area contributed by atoms with Crippen LogP contribution in [0.2, 0.25) is 0 Å². The standard InChI is InChI=1S/C31H30FIN4O5/c1-17(19-6-4-3-5-7-19)28(29-34-18(2)26(35-29)24-13-10-21(33)14-25(24)32)37-30(40)27(36-31(37)41)20-8-11-22(12-9-20)42-23(15-38)16-39/h3-14,17,23,28,38-40H,15-16H2,1-2H3,(H,34,35)(H,36,41)/t17-,28-/m0/s1. The van der Waals surface area contributed by atoms with Crippen LogP contribution in [0.25, 0.3) is 22.5 Å².